The molecule has 0 bridgehead atoms. The topological polar surface area (TPSA) is 182 Å². The summed E-state index contributed by atoms with van der Waals surface area (Å²) in [5, 5.41) is 16.4. The number of hydrogen-bond acceptors (Lipinski definition) is 13. The number of aliphatic hydroxyl groups is 1. The average Bonchev–Trinajstić information content (AvgIpc) is 3.98. The lowest BCUT2D eigenvalue weighted by molar-refractivity contribution is -0.136. The number of aromatic nitrogens is 4. The summed E-state index contributed by atoms with van der Waals surface area (Å²) < 4.78 is 31.1. The zero-order valence-electron chi connectivity index (χ0n) is 42.2. The van der Waals surface area contributed by atoms with Gasteiger partial charge in [-0.2, -0.15) is 0 Å². The molecule has 3 fully saturated rings. The van der Waals surface area contributed by atoms with Crippen LogP contribution in [0, 0.1) is 5.41 Å². The maximum atomic E-state index is 14.0. The molecule has 17 heteroatoms. The molecule has 0 radical (unpaired) electrons. The highest BCUT2D eigenvalue weighted by Gasteiger charge is 2.41. The molecule has 6 aliphatic rings. The number of benzene rings is 1. The Labute approximate surface area is 405 Å². The molecule has 9 heterocycles. The number of pyridine rings is 3. The van der Waals surface area contributed by atoms with Gasteiger partial charge in [-0.1, -0.05) is 13.8 Å². The third kappa shape index (κ3) is 8.14. The van der Waals surface area contributed by atoms with Gasteiger partial charge >= 0.3 is 0 Å². The lowest BCUT2D eigenvalue weighted by atomic mass is 9.90. The van der Waals surface area contributed by atoms with Crippen molar-refractivity contribution in [2.75, 3.05) is 66.3 Å². The third-order valence-corrected chi connectivity index (χ3v) is 15.2. The van der Waals surface area contributed by atoms with E-state index in [4.69, 9.17) is 13.8 Å². The van der Waals surface area contributed by atoms with Crippen LogP contribution in [0.15, 0.2) is 67.1 Å². The van der Waals surface area contributed by atoms with E-state index in [0.717, 1.165) is 75.3 Å². The van der Waals surface area contributed by atoms with E-state index in [1.807, 2.05) is 36.5 Å². The van der Waals surface area contributed by atoms with Gasteiger partial charge in [0.25, 0.3) is 11.8 Å². The molecule has 358 valence electrons. The SMILES string of the molecule is [2H]C([2H])([2H])Oc1ncc(-c2ccnc(N3CCn4c(cc5c4CC(C)(C)C5)C3=O)c2CO)cc1Nc1ccc(N2CCN(C3CCN(c4ccc5c(c4)CN(C4CCC(=O)NC4=O)C5=O)CC3)C[C@@H]2C)cn1. The summed E-state index contributed by atoms with van der Waals surface area (Å²) in [6.07, 6.45) is 9.31. The quantitative estimate of drug-likeness (QED) is 0.154. The van der Waals surface area contributed by atoms with Gasteiger partial charge in [-0.15, -0.1) is 0 Å². The Kier molecular flexibility index (Phi) is 10.5. The molecule has 4 amide bonds. The summed E-state index contributed by atoms with van der Waals surface area (Å²) in [5.74, 6) is -0.377. The zero-order chi connectivity index (χ0) is 50.2. The molecular formula is C52H59N11O6. The van der Waals surface area contributed by atoms with E-state index in [2.05, 4.69) is 66.7 Å². The molecule has 5 aliphatic heterocycles. The van der Waals surface area contributed by atoms with Crippen LogP contribution in [0.3, 0.4) is 0 Å². The van der Waals surface area contributed by atoms with Gasteiger partial charge in [0.1, 0.15) is 29.1 Å². The molecule has 1 aromatic carbocycles. The first-order valence-corrected chi connectivity index (χ1v) is 24.1. The summed E-state index contributed by atoms with van der Waals surface area (Å²) >= 11 is 0. The Bertz CT molecular complexity index is 2990. The number of piperidine rings is 2. The molecule has 17 nitrogen and oxygen atoms in total. The minimum absolute atomic E-state index is 0.148. The molecule has 11 rings (SSSR count). The van der Waals surface area contributed by atoms with Crippen molar-refractivity contribution in [3.05, 3.63) is 101 Å². The van der Waals surface area contributed by atoms with Crippen molar-refractivity contribution >= 4 is 52.3 Å². The smallest absolute Gasteiger partial charge is 0.276 e. The van der Waals surface area contributed by atoms with Gasteiger partial charge in [0.2, 0.25) is 17.7 Å². The summed E-state index contributed by atoms with van der Waals surface area (Å²) in [6, 6.07) is 15.3. The molecule has 69 heavy (non-hydrogen) atoms. The fourth-order valence-corrected chi connectivity index (χ4v) is 11.7. The molecular weight excluding hydrogens is 875 g/mol. The molecule has 0 saturated carbocycles. The van der Waals surface area contributed by atoms with Crippen LogP contribution in [-0.2, 0) is 42.1 Å². The fourth-order valence-electron chi connectivity index (χ4n) is 11.7. The van der Waals surface area contributed by atoms with Gasteiger partial charge in [0.05, 0.1) is 29.6 Å². The lowest BCUT2D eigenvalue weighted by Gasteiger charge is -2.46. The van der Waals surface area contributed by atoms with Gasteiger partial charge in [-0.05, 0) is 110 Å². The van der Waals surface area contributed by atoms with E-state index in [1.54, 1.807) is 28.1 Å². The lowest BCUT2D eigenvalue weighted by Crippen LogP contribution is -2.57. The van der Waals surface area contributed by atoms with Crippen molar-refractivity contribution in [2.24, 2.45) is 5.41 Å². The van der Waals surface area contributed by atoms with Crippen LogP contribution in [-0.4, -0.2) is 122 Å². The highest BCUT2D eigenvalue weighted by molar-refractivity contribution is 6.07. The number of amides is 4. The van der Waals surface area contributed by atoms with Crippen LogP contribution in [0.5, 0.6) is 5.88 Å². The second-order valence-corrected chi connectivity index (χ2v) is 20.1. The van der Waals surface area contributed by atoms with Crippen molar-refractivity contribution < 1.29 is 33.1 Å². The average molecular weight is 937 g/mol. The maximum absolute atomic E-state index is 14.0. The Morgan fingerprint density at radius 3 is 2.46 bits per heavy atom. The summed E-state index contributed by atoms with van der Waals surface area (Å²) in [4.78, 5) is 75.9. The van der Waals surface area contributed by atoms with E-state index >= 15 is 0 Å². The molecule has 4 aromatic heterocycles. The van der Waals surface area contributed by atoms with Crippen LogP contribution in [0.2, 0.25) is 0 Å². The number of fused-ring (bicyclic) bond motifs is 4. The van der Waals surface area contributed by atoms with Crippen LogP contribution >= 0.6 is 0 Å². The van der Waals surface area contributed by atoms with Gasteiger partial charge in [-0.25, -0.2) is 15.0 Å². The predicted octanol–water partition coefficient (Wildman–Crippen LogP) is 5.31. The van der Waals surface area contributed by atoms with E-state index < -0.39 is 25.6 Å². The number of nitrogens with zero attached hydrogens (tertiary/aromatic N) is 9. The van der Waals surface area contributed by atoms with Gasteiger partial charge in [0, 0.05) is 111 Å². The van der Waals surface area contributed by atoms with Crippen molar-refractivity contribution in [3.63, 3.8) is 0 Å². The second kappa shape index (κ2) is 17.6. The van der Waals surface area contributed by atoms with Crippen LogP contribution in [0.1, 0.15) is 93.8 Å². The first-order valence-electron chi connectivity index (χ1n) is 25.6. The standard InChI is InChI=1S/C52H59N11O6/c1-31-28-59(35-12-15-58(16-13-35)36-5-7-39-34(21-36)29-63(50(39)67)42-8-10-46(65)57-48(42)66)17-18-60(31)37-6-9-45(54-27-37)56-41-22-33(26-55-49(41)69-4)38-11-14-53-47(40(38)30-64)62-20-19-61-43(51(62)68)23-32-24-52(2,3)25-44(32)61/h5-7,9,11,14,21-23,26-27,31,35,42,64H,8,10,12-13,15-20,24-25,28-30H2,1-4H3,(H,54,56)(H,57,65,66)/t31-,42?/m0/s1/i4D3. The van der Waals surface area contributed by atoms with Gasteiger partial charge in [-0.3, -0.25) is 34.3 Å². The van der Waals surface area contributed by atoms with Gasteiger partial charge in [0.15, 0.2) is 0 Å². The highest BCUT2D eigenvalue weighted by atomic mass is 16.5. The second-order valence-electron chi connectivity index (χ2n) is 20.1. The Balaban J connectivity index is 0.735. The normalized spacial score (nSPS) is 22.5. The molecule has 3 saturated heterocycles. The fraction of sp³-hybridized carbons (Fsp3) is 0.442. The number of nitrogens with one attached hydrogen (secondary N) is 2. The number of aliphatic hydroxyl groups excluding tert-OH is 1. The minimum atomic E-state index is -2.78. The number of imide groups is 1. The van der Waals surface area contributed by atoms with E-state index in [9.17, 15) is 24.3 Å². The maximum Gasteiger partial charge on any atom is 0.276 e. The zero-order valence-corrected chi connectivity index (χ0v) is 39.2. The number of carbonyl (C=O) groups excluding carboxylic acids is 4. The van der Waals surface area contributed by atoms with Crippen molar-refractivity contribution in [1.29, 1.82) is 0 Å². The van der Waals surface area contributed by atoms with Crippen molar-refractivity contribution in [2.45, 2.75) is 97.1 Å². The molecule has 1 unspecified atom stereocenters. The van der Waals surface area contributed by atoms with Crippen LogP contribution in [0.4, 0.5) is 28.7 Å². The minimum Gasteiger partial charge on any atom is -0.480 e. The molecule has 3 N–H and O–H groups in total. The molecule has 0 spiro atoms. The number of anilines is 5. The Morgan fingerprint density at radius 1 is 0.855 bits per heavy atom. The van der Waals surface area contributed by atoms with E-state index in [-0.39, 0.29) is 47.2 Å². The van der Waals surface area contributed by atoms with E-state index in [0.29, 0.717) is 71.7 Å². The summed E-state index contributed by atoms with van der Waals surface area (Å²) in [6.45, 7) is 12.1. The van der Waals surface area contributed by atoms with Crippen molar-refractivity contribution in [1.82, 2.24) is 34.6 Å². The Morgan fingerprint density at radius 2 is 1.70 bits per heavy atom. The number of carbonyl (C=O) groups is 4. The van der Waals surface area contributed by atoms with E-state index in [1.165, 1.54) is 17.5 Å². The highest BCUT2D eigenvalue weighted by Crippen LogP contribution is 2.41. The molecule has 2 atom stereocenters. The largest absolute Gasteiger partial charge is 0.480 e. The molecule has 1 aliphatic carbocycles. The Hall–Kier alpha value is -6.85. The monoisotopic (exact) mass is 936 g/mol. The number of methoxy groups -OCH3 is 1. The number of piperazine rings is 1. The van der Waals surface area contributed by atoms with Crippen LogP contribution in [0.25, 0.3) is 11.1 Å². The van der Waals surface area contributed by atoms with Crippen LogP contribution < -0.4 is 30.1 Å². The molecule has 5 aromatic rings. The first-order chi connectivity index (χ1) is 34.5. The van der Waals surface area contributed by atoms with Crippen molar-refractivity contribution in [3.8, 4) is 17.0 Å². The number of hydrogen-bond donors (Lipinski definition) is 3. The number of ether oxygens (including phenoxy) is 1. The first kappa shape index (κ1) is 41.2. The third-order valence-electron chi connectivity index (χ3n) is 15.2. The summed E-state index contributed by atoms with van der Waals surface area (Å²) in [5.41, 5.74) is 8.61. The summed E-state index contributed by atoms with van der Waals surface area (Å²) in [7, 11) is -2.78. The predicted molar refractivity (Wildman–Crippen MR) is 261 cm³/mol. The van der Waals surface area contributed by atoms with Gasteiger partial charge < -0.3 is 34.4 Å². The number of rotatable bonds is 10.